The van der Waals surface area contributed by atoms with Crippen LogP contribution in [0.5, 0.6) is 0 Å². The minimum absolute atomic E-state index is 0.988. The minimum Gasteiger partial charge on any atom is -0.354 e. The lowest BCUT2D eigenvalue weighted by Gasteiger charge is -2.27. The number of aromatic nitrogens is 3. The quantitative estimate of drug-likeness (QED) is 0.239. The molecular weight excluding hydrogens is 520 g/mol. The minimum atomic E-state index is 0.988. The number of aromatic amines is 1. The van der Waals surface area contributed by atoms with Gasteiger partial charge in [-0.05, 0) is 60.1 Å². The fourth-order valence-electron chi connectivity index (χ4n) is 5.30. The third kappa shape index (κ3) is 4.84. The molecule has 8 rings (SSSR count). The number of H-pyrrole nitrogens is 1. The van der Waals surface area contributed by atoms with Crippen molar-refractivity contribution in [3.8, 4) is 11.1 Å². The molecule has 0 atom stereocenters. The largest absolute Gasteiger partial charge is 0.354 e. The molecule has 2 aromatic heterocycles. The van der Waals surface area contributed by atoms with Gasteiger partial charge in [0.1, 0.15) is 5.52 Å². The fourth-order valence-corrected chi connectivity index (χ4v) is 5.86. The molecule has 0 saturated carbocycles. The van der Waals surface area contributed by atoms with Crippen molar-refractivity contribution in [2.75, 3.05) is 4.90 Å². The van der Waals surface area contributed by atoms with Crippen LogP contribution in [0.15, 0.2) is 152 Å². The van der Waals surface area contributed by atoms with Crippen LogP contribution < -0.4 is 4.90 Å². The van der Waals surface area contributed by atoms with E-state index in [-0.39, 0.29) is 0 Å². The maximum absolute atomic E-state index is 3.89. The third-order valence-electron chi connectivity index (χ3n) is 7.16. The predicted octanol–water partition coefficient (Wildman–Crippen LogP) is 10.1. The van der Waals surface area contributed by atoms with E-state index >= 15 is 0 Å². The average Bonchev–Trinajstić information content (AvgIpc) is 3.68. The van der Waals surface area contributed by atoms with Crippen molar-refractivity contribution in [1.29, 1.82) is 0 Å². The summed E-state index contributed by atoms with van der Waals surface area (Å²) in [5, 5.41) is 6.39. The zero-order chi connectivity index (χ0) is 27.4. The Morgan fingerprint density at radius 3 is 1.90 bits per heavy atom. The lowest BCUT2D eigenvalue weighted by Crippen LogP contribution is -2.10. The molecule has 0 aliphatic carbocycles. The number of benzene rings is 6. The van der Waals surface area contributed by atoms with Crippen molar-refractivity contribution >= 4 is 60.6 Å². The van der Waals surface area contributed by atoms with Crippen LogP contribution in [0.25, 0.3) is 43.1 Å². The topological polar surface area (TPSA) is 44.8 Å². The van der Waals surface area contributed by atoms with E-state index in [4.69, 9.17) is 0 Å². The van der Waals surface area contributed by atoms with Crippen molar-refractivity contribution in [2.45, 2.75) is 0 Å². The van der Waals surface area contributed by atoms with Gasteiger partial charge in [0.15, 0.2) is 0 Å². The summed E-state index contributed by atoms with van der Waals surface area (Å²) in [6, 6.07) is 52.8. The van der Waals surface area contributed by atoms with E-state index in [0.29, 0.717) is 0 Å². The van der Waals surface area contributed by atoms with E-state index in [9.17, 15) is 0 Å². The van der Waals surface area contributed by atoms with Crippen molar-refractivity contribution in [3.05, 3.63) is 152 Å². The standard InChI is InChI=1S/C30H22N2.C6H4N2S/c1-3-12-22(13-4-1)32(23-14-5-2-6-15-23)29-21-10-8-17-25(29)27-19-11-18-26-24-16-7-9-20-28(24)31-30(26)27;1-2-4-6-5(3-1)7-8-9-6/h1-21,31H;1-4H. The molecule has 4 nitrogen and oxygen atoms in total. The molecule has 5 heteroatoms. The van der Waals surface area contributed by atoms with Crippen LogP contribution in [-0.2, 0) is 0 Å². The number of fused-ring (bicyclic) bond motifs is 4. The van der Waals surface area contributed by atoms with E-state index in [2.05, 4.69) is 147 Å². The first-order valence-corrected chi connectivity index (χ1v) is 14.3. The monoisotopic (exact) mass is 546 g/mol. The molecule has 0 radical (unpaired) electrons. The number of rotatable bonds is 4. The van der Waals surface area contributed by atoms with E-state index in [1.165, 1.54) is 38.9 Å². The van der Waals surface area contributed by atoms with Crippen LogP contribution in [0.3, 0.4) is 0 Å². The van der Waals surface area contributed by atoms with Gasteiger partial charge in [-0.15, -0.1) is 5.10 Å². The van der Waals surface area contributed by atoms with Crippen LogP contribution >= 0.6 is 11.5 Å². The van der Waals surface area contributed by atoms with Crippen molar-refractivity contribution in [2.24, 2.45) is 0 Å². The molecule has 0 amide bonds. The lowest BCUT2D eigenvalue weighted by molar-refractivity contribution is 1.20. The molecule has 196 valence electrons. The summed E-state index contributed by atoms with van der Waals surface area (Å²) in [6.07, 6.45) is 0. The Morgan fingerprint density at radius 1 is 0.512 bits per heavy atom. The van der Waals surface area contributed by atoms with Crippen LogP contribution in [-0.4, -0.2) is 14.6 Å². The van der Waals surface area contributed by atoms with Gasteiger partial charge >= 0.3 is 0 Å². The number of para-hydroxylation sites is 5. The summed E-state index contributed by atoms with van der Waals surface area (Å²) in [7, 11) is 0. The lowest BCUT2D eigenvalue weighted by atomic mass is 9.99. The molecule has 0 saturated heterocycles. The summed E-state index contributed by atoms with van der Waals surface area (Å²) in [5.41, 5.74) is 9.13. The maximum Gasteiger partial charge on any atom is 0.105 e. The Morgan fingerprint density at radius 2 is 1.12 bits per heavy atom. The maximum atomic E-state index is 3.89. The Balaban J connectivity index is 0.000000260. The van der Waals surface area contributed by atoms with Gasteiger partial charge in [-0.2, -0.15) is 0 Å². The summed E-state index contributed by atoms with van der Waals surface area (Å²) >= 11 is 1.43. The number of nitrogens with one attached hydrogen (secondary N) is 1. The van der Waals surface area contributed by atoms with E-state index in [0.717, 1.165) is 32.8 Å². The van der Waals surface area contributed by atoms with Gasteiger partial charge in [-0.1, -0.05) is 108 Å². The fraction of sp³-hybridized carbons (Fsp3) is 0. The second-order valence-corrected chi connectivity index (χ2v) is 10.4. The first-order chi connectivity index (χ1) is 20.4. The molecule has 0 spiro atoms. The number of nitrogens with zero attached hydrogens (tertiary/aromatic N) is 3. The third-order valence-corrected chi connectivity index (χ3v) is 7.86. The Kier molecular flexibility index (Phi) is 6.69. The normalized spacial score (nSPS) is 10.9. The molecule has 0 aliphatic rings. The second kappa shape index (κ2) is 11.1. The molecule has 0 fully saturated rings. The van der Waals surface area contributed by atoms with E-state index in [1.54, 1.807) is 0 Å². The summed E-state index contributed by atoms with van der Waals surface area (Å²) in [5.74, 6) is 0. The number of hydrogen-bond donors (Lipinski definition) is 1. The second-order valence-electron chi connectivity index (χ2n) is 9.66. The first-order valence-electron chi connectivity index (χ1n) is 13.5. The molecule has 0 bridgehead atoms. The summed E-state index contributed by atoms with van der Waals surface area (Å²) < 4.78 is 4.94. The van der Waals surface area contributed by atoms with Gasteiger partial charge < -0.3 is 9.88 Å². The Labute approximate surface area is 242 Å². The molecule has 8 aromatic rings. The van der Waals surface area contributed by atoms with Gasteiger partial charge in [0.05, 0.1) is 15.9 Å². The van der Waals surface area contributed by atoms with Crippen molar-refractivity contribution in [1.82, 2.24) is 14.6 Å². The molecule has 2 heterocycles. The van der Waals surface area contributed by atoms with Gasteiger partial charge in [0, 0.05) is 38.8 Å². The molecule has 0 unspecified atom stereocenters. The highest BCUT2D eigenvalue weighted by Crippen LogP contribution is 2.42. The Hall–Kier alpha value is -5.26. The number of hydrogen-bond acceptors (Lipinski definition) is 4. The highest BCUT2D eigenvalue weighted by Gasteiger charge is 2.18. The first kappa shape index (κ1) is 24.8. The molecule has 1 N–H and O–H groups in total. The predicted molar refractivity (Wildman–Crippen MR) is 173 cm³/mol. The van der Waals surface area contributed by atoms with E-state index in [1.807, 2.05) is 24.3 Å². The van der Waals surface area contributed by atoms with Gasteiger partial charge in [-0.25, -0.2) is 0 Å². The number of anilines is 3. The molecule has 6 aromatic carbocycles. The van der Waals surface area contributed by atoms with Crippen LogP contribution in [0.2, 0.25) is 0 Å². The molecule has 41 heavy (non-hydrogen) atoms. The van der Waals surface area contributed by atoms with E-state index < -0.39 is 0 Å². The smallest absolute Gasteiger partial charge is 0.105 e. The molecule has 0 aliphatic heterocycles. The highest BCUT2D eigenvalue weighted by molar-refractivity contribution is 7.12. The van der Waals surface area contributed by atoms with Crippen molar-refractivity contribution in [3.63, 3.8) is 0 Å². The van der Waals surface area contributed by atoms with Crippen LogP contribution in [0.4, 0.5) is 17.1 Å². The van der Waals surface area contributed by atoms with Crippen molar-refractivity contribution < 1.29 is 0 Å². The highest BCUT2D eigenvalue weighted by atomic mass is 32.1. The van der Waals surface area contributed by atoms with Crippen LogP contribution in [0.1, 0.15) is 0 Å². The zero-order valence-electron chi connectivity index (χ0n) is 22.2. The summed E-state index contributed by atoms with van der Waals surface area (Å²) in [4.78, 5) is 6.00. The molecular formula is C36H26N4S. The summed E-state index contributed by atoms with van der Waals surface area (Å²) in [6.45, 7) is 0. The van der Waals surface area contributed by atoms with Gasteiger partial charge in [-0.3, -0.25) is 0 Å². The van der Waals surface area contributed by atoms with Gasteiger partial charge in [0.25, 0.3) is 0 Å². The zero-order valence-corrected chi connectivity index (χ0v) is 23.0. The SMILES string of the molecule is c1ccc(N(c2ccccc2)c2ccccc2-c2cccc3c2[nH]c2ccccc23)cc1.c1ccc2snnc2c1. The average molecular weight is 547 g/mol. The van der Waals surface area contributed by atoms with Crippen LogP contribution in [0, 0.1) is 0 Å². The Bertz CT molecular complexity index is 1990. The van der Waals surface area contributed by atoms with Gasteiger partial charge in [0.2, 0.25) is 0 Å².